The first-order chi connectivity index (χ1) is 13.4. The second-order valence-corrected chi connectivity index (χ2v) is 7.39. The molecular formula is C22H27N3O3. The molecule has 1 aliphatic rings. The summed E-state index contributed by atoms with van der Waals surface area (Å²) < 4.78 is 5.63. The summed E-state index contributed by atoms with van der Waals surface area (Å²) in [5.41, 5.74) is 2.87. The van der Waals surface area contributed by atoms with Crippen LogP contribution in [0.2, 0.25) is 0 Å². The van der Waals surface area contributed by atoms with Gasteiger partial charge in [-0.15, -0.1) is 0 Å². The molecule has 2 amide bonds. The lowest BCUT2D eigenvalue weighted by atomic mass is 10.2. The molecule has 0 aromatic heterocycles. The van der Waals surface area contributed by atoms with Crippen molar-refractivity contribution in [1.29, 1.82) is 0 Å². The summed E-state index contributed by atoms with van der Waals surface area (Å²) in [4.78, 5) is 27.9. The smallest absolute Gasteiger partial charge is 0.260 e. The summed E-state index contributed by atoms with van der Waals surface area (Å²) >= 11 is 0. The molecule has 3 rings (SSSR count). The Morgan fingerprint density at radius 3 is 2.43 bits per heavy atom. The minimum Gasteiger partial charge on any atom is -0.484 e. The normalized spacial score (nSPS) is 13.0. The Labute approximate surface area is 166 Å². The molecule has 1 aliphatic carbocycles. The molecule has 0 aliphatic heterocycles. The number of hydrogen-bond donors (Lipinski definition) is 1. The zero-order valence-electron chi connectivity index (χ0n) is 16.6. The van der Waals surface area contributed by atoms with E-state index in [1.54, 1.807) is 30.1 Å². The van der Waals surface area contributed by atoms with Crippen LogP contribution in [0.4, 0.5) is 11.4 Å². The fraction of sp³-hybridized carbons (Fsp3) is 0.364. The molecule has 0 spiro atoms. The van der Waals surface area contributed by atoms with Crippen LogP contribution in [0.25, 0.3) is 0 Å². The second-order valence-electron chi connectivity index (χ2n) is 7.39. The number of carbonyl (C=O) groups is 2. The van der Waals surface area contributed by atoms with E-state index in [2.05, 4.69) is 5.32 Å². The molecule has 6 nitrogen and oxygen atoms in total. The highest BCUT2D eigenvalue weighted by Gasteiger charge is 2.29. The quantitative estimate of drug-likeness (QED) is 0.763. The van der Waals surface area contributed by atoms with Crippen molar-refractivity contribution in [3.05, 3.63) is 54.1 Å². The van der Waals surface area contributed by atoms with E-state index in [1.807, 2.05) is 49.3 Å². The van der Waals surface area contributed by atoms with Crippen molar-refractivity contribution in [3.63, 3.8) is 0 Å². The molecule has 148 valence electrons. The molecule has 0 heterocycles. The van der Waals surface area contributed by atoms with E-state index >= 15 is 0 Å². The van der Waals surface area contributed by atoms with Gasteiger partial charge in [0.1, 0.15) is 5.75 Å². The molecule has 1 N–H and O–H groups in total. The van der Waals surface area contributed by atoms with Crippen LogP contribution in [0, 0.1) is 5.92 Å². The number of nitrogens with zero attached hydrogens (tertiary/aromatic N) is 2. The largest absolute Gasteiger partial charge is 0.484 e. The maximum atomic E-state index is 12.4. The van der Waals surface area contributed by atoms with Crippen molar-refractivity contribution in [2.45, 2.75) is 19.4 Å². The number of rotatable bonds is 8. The molecule has 2 aromatic carbocycles. The van der Waals surface area contributed by atoms with Crippen molar-refractivity contribution in [2.24, 2.45) is 5.92 Å². The number of anilines is 2. The van der Waals surface area contributed by atoms with Gasteiger partial charge in [0.2, 0.25) is 5.91 Å². The Bertz CT molecular complexity index is 829. The van der Waals surface area contributed by atoms with E-state index in [0.29, 0.717) is 18.0 Å². The van der Waals surface area contributed by atoms with E-state index in [-0.39, 0.29) is 24.3 Å². The highest BCUT2D eigenvalue weighted by atomic mass is 16.5. The Morgan fingerprint density at radius 2 is 1.79 bits per heavy atom. The van der Waals surface area contributed by atoms with Crippen LogP contribution in [0.5, 0.6) is 5.75 Å². The van der Waals surface area contributed by atoms with Crippen molar-refractivity contribution in [2.75, 3.05) is 38.0 Å². The Morgan fingerprint density at radius 1 is 1.07 bits per heavy atom. The first kappa shape index (κ1) is 19.7. The third kappa shape index (κ3) is 5.49. The topological polar surface area (TPSA) is 61.9 Å². The lowest BCUT2D eigenvalue weighted by Crippen LogP contribution is -2.31. The van der Waals surface area contributed by atoms with Crippen LogP contribution in [0.3, 0.4) is 0 Å². The first-order valence-electron chi connectivity index (χ1n) is 9.46. The first-order valence-corrected chi connectivity index (χ1v) is 9.46. The highest BCUT2D eigenvalue weighted by Crippen LogP contribution is 2.30. The van der Waals surface area contributed by atoms with Gasteiger partial charge in [0.25, 0.3) is 5.91 Å². The van der Waals surface area contributed by atoms with Crippen LogP contribution in [-0.4, -0.2) is 44.5 Å². The van der Waals surface area contributed by atoms with E-state index in [0.717, 1.165) is 24.1 Å². The van der Waals surface area contributed by atoms with Crippen molar-refractivity contribution in [1.82, 2.24) is 4.90 Å². The molecule has 0 radical (unpaired) electrons. The molecule has 0 saturated heterocycles. The van der Waals surface area contributed by atoms with E-state index in [4.69, 9.17) is 4.74 Å². The van der Waals surface area contributed by atoms with Gasteiger partial charge in [-0.2, -0.15) is 0 Å². The fourth-order valence-electron chi connectivity index (χ4n) is 2.77. The number of carbonyl (C=O) groups excluding carboxylic acids is 2. The highest BCUT2D eigenvalue weighted by molar-refractivity contribution is 5.94. The van der Waals surface area contributed by atoms with Crippen LogP contribution in [0.1, 0.15) is 18.4 Å². The van der Waals surface area contributed by atoms with Crippen molar-refractivity contribution >= 4 is 23.2 Å². The molecule has 2 aromatic rings. The summed E-state index contributed by atoms with van der Waals surface area (Å²) in [5, 5.41) is 2.88. The standard InChI is InChI=1S/C22H27N3O3/c1-24(2)19-11-7-16(8-12-19)14-25(3)21(26)15-28-20-6-4-5-18(13-20)23-22(27)17-9-10-17/h4-8,11-13,17H,9-10,14-15H2,1-3H3,(H,23,27). The summed E-state index contributed by atoms with van der Waals surface area (Å²) in [7, 11) is 5.75. The maximum Gasteiger partial charge on any atom is 0.260 e. The zero-order chi connectivity index (χ0) is 20.1. The molecular weight excluding hydrogens is 354 g/mol. The second kappa shape index (κ2) is 8.78. The van der Waals surface area contributed by atoms with Crippen LogP contribution in [0.15, 0.2) is 48.5 Å². The summed E-state index contributed by atoms with van der Waals surface area (Å²) in [6.07, 6.45) is 1.92. The lowest BCUT2D eigenvalue weighted by Gasteiger charge is -2.19. The molecule has 28 heavy (non-hydrogen) atoms. The molecule has 6 heteroatoms. The van der Waals surface area contributed by atoms with Gasteiger partial charge in [-0.1, -0.05) is 18.2 Å². The molecule has 1 saturated carbocycles. The summed E-state index contributed by atoms with van der Waals surface area (Å²) in [5.74, 6) is 0.648. The monoisotopic (exact) mass is 381 g/mol. The van der Waals surface area contributed by atoms with E-state index < -0.39 is 0 Å². The lowest BCUT2D eigenvalue weighted by molar-refractivity contribution is -0.132. The average Bonchev–Trinajstić information content (AvgIpc) is 3.52. The maximum absolute atomic E-state index is 12.4. The summed E-state index contributed by atoms with van der Waals surface area (Å²) in [6.45, 7) is 0.472. The third-order valence-corrected chi connectivity index (χ3v) is 4.71. The Hall–Kier alpha value is -3.02. The van der Waals surface area contributed by atoms with Gasteiger partial charge in [-0.05, 0) is 42.7 Å². The number of ether oxygens (including phenoxy) is 1. The Balaban J connectivity index is 1.49. The van der Waals surface area contributed by atoms with E-state index in [1.165, 1.54) is 0 Å². The van der Waals surface area contributed by atoms with Crippen molar-refractivity contribution < 1.29 is 14.3 Å². The predicted octanol–water partition coefficient (Wildman–Crippen LogP) is 3.14. The van der Waals surface area contributed by atoms with Gasteiger partial charge in [-0.3, -0.25) is 9.59 Å². The minimum absolute atomic E-state index is 0.0493. The molecule has 0 atom stereocenters. The van der Waals surface area contributed by atoms with Crippen LogP contribution < -0.4 is 15.0 Å². The van der Waals surface area contributed by atoms with Crippen molar-refractivity contribution in [3.8, 4) is 5.75 Å². The van der Waals surface area contributed by atoms with Gasteiger partial charge >= 0.3 is 0 Å². The minimum atomic E-state index is -0.107. The number of hydrogen-bond acceptors (Lipinski definition) is 4. The summed E-state index contributed by atoms with van der Waals surface area (Å²) in [6, 6.07) is 15.2. The number of likely N-dealkylation sites (N-methyl/N-ethyl adjacent to an activating group) is 1. The zero-order valence-corrected chi connectivity index (χ0v) is 16.6. The van der Waals surface area contributed by atoms with E-state index in [9.17, 15) is 9.59 Å². The fourth-order valence-corrected chi connectivity index (χ4v) is 2.77. The van der Waals surface area contributed by atoms with Crippen LogP contribution >= 0.6 is 0 Å². The van der Waals surface area contributed by atoms with Gasteiger partial charge in [0.05, 0.1) is 0 Å². The number of benzene rings is 2. The SMILES string of the molecule is CN(Cc1ccc(N(C)C)cc1)C(=O)COc1cccc(NC(=O)C2CC2)c1. The van der Waals surface area contributed by atoms with Crippen LogP contribution in [-0.2, 0) is 16.1 Å². The molecule has 1 fully saturated rings. The van der Waals surface area contributed by atoms with Gasteiger partial charge < -0.3 is 19.9 Å². The molecule has 0 unspecified atom stereocenters. The third-order valence-electron chi connectivity index (χ3n) is 4.71. The number of amides is 2. The van der Waals surface area contributed by atoms with Gasteiger partial charge in [0, 0.05) is 51.0 Å². The molecule has 0 bridgehead atoms. The van der Waals surface area contributed by atoms with Gasteiger partial charge in [0.15, 0.2) is 6.61 Å². The average molecular weight is 381 g/mol. The predicted molar refractivity (Wildman–Crippen MR) is 111 cm³/mol. The Kier molecular flexibility index (Phi) is 6.19. The number of nitrogens with one attached hydrogen (secondary N) is 1. The van der Waals surface area contributed by atoms with Gasteiger partial charge in [-0.25, -0.2) is 0 Å².